The lowest BCUT2D eigenvalue weighted by Gasteiger charge is -2.10. The van der Waals surface area contributed by atoms with Gasteiger partial charge in [-0.25, -0.2) is 19.9 Å². The molecule has 31 heteroatoms. The predicted molar refractivity (Wildman–Crippen MR) is 355 cm³/mol. The van der Waals surface area contributed by atoms with Gasteiger partial charge >= 0.3 is 0 Å². The number of anilines is 4. The maximum Gasteiger partial charge on any atom is 0.292 e. The Hall–Kier alpha value is -11.9. The van der Waals surface area contributed by atoms with E-state index in [4.69, 9.17) is 9.15 Å². The quantitative estimate of drug-likeness (QED) is 0.0409. The summed E-state index contributed by atoms with van der Waals surface area (Å²) in [6, 6.07) is 30.1. The number of H-pyrrole nitrogens is 4. The molecule has 0 radical (unpaired) electrons. The summed E-state index contributed by atoms with van der Waals surface area (Å²) in [4.78, 5) is 125. The Morgan fingerprint density at radius 2 is 0.884 bits per heavy atom. The van der Waals surface area contributed by atoms with Gasteiger partial charge in [-0.2, -0.15) is 39.1 Å². The number of amides is 4. The van der Waals surface area contributed by atoms with Crippen LogP contribution in [0.15, 0.2) is 144 Å². The minimum absolute atomic E-state index is 0.0128. The molecule has 12 rings (SSSR count). The summed E-state index contributed by atoms with van der Waals surface area (Å²) < 4.78 is 16.0. The number of aromatic nitrogens is 16. The van der Waals surface area contributed by atoms with E-state index in [9.17, 15) is 38.4 Å². The monoisotopic (exact) mass is 1310 g/mol. The lowest BCUT2D eigenvalue weighted by molar-refractivity contribution is -0.117. The maximum atomic E-state index is 12.7. The molecule has 95 heavy (non-hydrogen) atoms. The molecule has 1 aliphatic rings. The molecule has 0 aliphatic heterocycles. The Kier molecular flexibility index (Phi) is 21.7. The van der Waals surface area contributed by atoms with Gasteiger partial charge in [0.25, 0.3) is 40.0 Å². The van der Waals surface area contributed by atoms with Gasteiger partial charge in [0, 0.05) is 82.1 Å². The van der Waals surface area contributed by atoms with E-state index in [2.05, 4.69) is 81.5 Å². The van der Waals surface area contributed by atoms with Crippen LogP contribution in [0, 0.1) is 40.5 Å². The van der Waals surface area contributed by atoms with Gasteiger partial charge in [0.1, 0.15) is 29.0 Å². The number of furan rings is 1. The third-order valence-corrected chi connectivity index (χ3v) is 14.6. The normalized spacial score (nSPS) is 11.4. The molecule has 1 saturated carbocycles. The molecule has 490 valence electrons. The van der Waals surface area contributed by atoms with E-state index in [1.807, 2.05) is 59.1 Å². The van der Waals surface area contributed by atoms with Crippen LogP contribution in [0.25, 0.3) is 23.8 Å². The highest BCUT2D eigenvalue weighted by Gasteiger charge is 2.31. The fraction of sp³-hybridized carbons (Fsp3) is 0.250. The molecule has 9 aromatic heterocycles. The molecule has 1 aliphatic carbocycles. The maximum absolute atomic E-state index is 12.7. The number of aryl methyl sites for hydroxylation is 8. The highest BCUT2D eigenvalue weighted by atomic mass is 32.2. The van der Waals surface area contributed by atoms with Gasteiger partial charge in [0.2, 0.25) is 29.7 Å². The Balaban J connectivity index is 0.000000150. The van der Waals surface area contributed by atoms with E-state index in [1.165, 1.54) is 68.1 Å². The van der Waals surface area contributed by atoms with Crippen LogP contribution >= 0.6 is 11.8 Å². The average Bonchev–Trinajstić information content (AvgIpc) is 1.78. The van der Waals surface area contributed by atoms with Crippen molar-refractivity contribution < 1.29 is 28.3 Å². The molecule has 0 spiro atoms. The van der Waals surface area contributed by atoms with Crippen molar-refractivity contribution in [1.82, 2.24) is 79.0 Å². The van der Waals surface area contributed by atoms with Crippen LogP contribution in [0.4, 0.5) is 23.3 Å². The lowest BCUT2D eigenvalue weighted by atomic mass is 10.2. The number of carbonyl (C=O) groups excluding carboxylic acids is 4. The zero-order valence-electron chi connectivity index (χ0n) is 53.4. The van der Waals surface area contributed by atoms with Gasteiger partial charge in [-0.3, -0.25) is 58.3 Å². The molecular formula is C64H68N20O10S. The van der Waals surface area contributed by atoms with Crippen molar-refractivity contribution in [3.05, 3.63) is 219 Å². The number of benzene rings is 2. The second-order valence-electron chi connectivity index (χ2n) is 21.3. The van der Waals surface area contributed by atoms with Gasteiger partial charge in [-0.1, -0.05) is 45.0 Å². The SMILES string of the molecule is CCc1cc(=O)[nH]c(-n2nc(C)cc2NC(=O)c2ccccc2OC)n1.CCc1cc(=O)[nH]c(-n2nc(C)cc2NC(=O)c2ccccc2SC)n1.CCc1cc(=O)[nH]c(-n2nc(C)cc2NC(=O)c2ccco2)n1.Cc1cc(=O)[nH]c(-n2nc(C)cc2NC(=O)C2CC2)n1. The number of hydrogen-bond donors (Lipinski definition) is 8. The number of para-hydroxylation sites is 1. The number of nitrogens with zero attached hydrogens (tertiary/aromatic N) is 12. The minimum atomic E-state index is -0.412. The van der Waals surface area contributed by atoms with Crippen molar-refractivity contribution in [2.45, 2.75) is 92.4 Å². The van der Waals surface area contributed by atoms with E-state index >= 15 is 0 Å². The highest BCUT2D eigenvalue weighted by molar-refractivity contribution is 7.98. The summed E-state index contributed by atoms with van der Waals surface area (Å²) in [5.41, 5.74) is 5.21. The largest absolute Gasteiger partial charge is 0.496 e. The third kappa shape index (κ3) is 17.4. The fourth-order valence-corrected chi connectivity index (χ4v) is 9.78. The van der Waals surface area contributed by atoms with E-state index in [0.717, 1.165) is 23.4 Å². The predicted octanol–water partition coefficient (Wildman–Crippen LogP) is 7.48. The number of nitrogens with one attached hydrogen (secondary N) is 8. The van der Waals surface area contributed by atoms with E-state index < -0.39 is 5.91 Å². The first kappa shape index (κ1) is 67.5. The Labute approximate surface area is 545 Å². The summed E-state index contributed by atoms with van der Waals surface area (Å²) in [5.74, 6) is 2.55. The molecule has 0 atom stereocenters. The highest BCUT2D eigenvalue weighted by Crippen LogP contribution is 2.31. The van der Waals surface area contributed by atoms with Crippen molar-refractivity contribution in [1.29, 1.82) is 0 Å². The van der Waals surface area contributed by atoms with Crippen molar-refractivity contribution in [3.63, 3.8) is 0 Å². The smallest absolute Gasteiger partial charge is 0.292 e. The first-order valence-corrected chi connectivity index (χ1v) is 31.1. The number of ether oxygens (including phenoxy) is 1. The molecule has 30 nitrogen and oxygen atoms in total. The Morgan fingerprint density at radius 3 is 1.28 bits per heavy atom. The van der Waals surface area contributed by atoms with Crippen LogP contribution in [0.5, 0.6) is 5.75 Å². The van der Waals surface area contributed by atoms with Crippen LogP contribution in [0.1, 0.15) is 110 Å². The van der Waals surface area contributed by atoms with Gasteiger partial charge in [-0.05, 0) is 109 Å². The number of carbonyl (C=O) groups is 4. The second-order valence-corrected chi connectivity index (χ2v) is 22.1. The topological polar surface area (TPSA) is 393 Å². The summed E-state index contributed by atoms with van der Waals surface area (Å²) in [6.45, 7) is 14.7. The molecule has 2 aromatic carbocycles. The van der Waals surface area contributed by atoms with Gasteiger partial charge < -0.3 is 30.4 Å². The standard InChI is InChI=1S/C18H19N5O3.C18H19N5O2S.C15H15N5O3.C13H15N5O2/c2*1-4-12-10-16(24)21-18(19-12)23-15(9-11(2)22-23)20-17(25)13-7-5-6-8-14(13)26-3;1-3-10-8-13(21)18-15(16-10)20-12(7-9(2)19-20)17-14(22)11-5-4-6-23-11;1-7-6-11(19)16-13(14-7)18-10(5-8(2)17-18)15-12(20)9-3-4-9/h2*5-10H,4H2,1-3H3,(H,20,25)(H,19,21,24);4-8H,3H2,1-2H3,(H,17,22)(H,16,18,21);5-6,9H,3-4H2,1-2H3,(H,15,20)(H,14,16,19). The van der Waals surface area contributed by atoms with Crippen LogP contribution < -0.4 is 48.2 Å². The third-order valence-electron chi connectivity index (χ3n) is 13.8. The van der Waals surface area contributed by atoms with Crippen molar-refractivity contribution in [3.8, 4) is 29.5 Å². The van der Waals surface area contributed by atoms with Crippen molar-refractivity contribution in [2.24, 2.45) is 5.92 Å². The number of rotatable bonds is 17. The molecule has 0 saturated heterocycles. The summed E-state index contributed by atoms with van der Waals surface area (Å²) in [6.07, 6.45) is 7.05. The molecule has 11 aromatic rings. The zero-order chi connectivity index (χ0) is 68.0. The van der Waals surface area contributed by atoms with Crippen LogP contribution in [-0.2, 0) is 24.1 Å². The minimum Gasteiger partial charge on any atom is -0.496 e. The number of hydrogen-bond acceptors (Lipinski definition) is 19. The zero-order valence-corrected chi connectivity index (χ0v) is 54.3. The summed E-state index contributed by atoms with van der Waals surface area (Å²) in [7, 11) is 1.51. The molecule has 4 amide bonds. The van der Waals surface area contributed by atoms with Crippen LogP contribution in [0.3, 0.4) is 0 Å². The van der Waals surface area contributed by atoms with Gasteiger partial charge in [0.15, 0.2) is 5.76 Å². The Morgan fingerprint density at radius 1 is 0.495 bits per heavy atom. The van der Waals surface area contributed by atoms with Crippen LogP contribution in [-0.4, -0.2) is 116 Å². The molecule has 1 fully saturated rings. The first-order valence-electron chi connectivity index (χ1n) is 29.8. The number of thioether (sulfide) groups is 1. The van der Waals surface area contributed by atoms with Crippen LogP contribution in [0.2, 0.25) is 0 Å². The van der Waals surface area contributed by atoms with Gasteiger partial charge in [-0.15, -0.1) is 11.8 Å². The van der Waals surface area contributed by atoms with E-state index in [0.29, 0.717) is 105 Å². The fourth-order valence-electron chi connectivity index (χ4n) is 9.18. The second kappa shape index (κ2) is 30.5. The van der Waals surface area contributed by atoms with Gasteiger partial charge in [0.05, 0.1) is 47.3 Å². The first-order chi connectivity index (χ1) is 45.6. The Bertz CT molecular complexity index is 4670. The van der Waals surface area contributed by atoms with E-state index in [-0.39, 0.29) is 69.5 Å². The lowest BCUT2D eigenvalue weighted by Crippen LogP contribution is -2.19. The average molecular weight is 1310 g/mol. The molecule has 0 unspecified atom stereocenters. The molecular weight excluding hydrogens is 1240 g/mol. The summed E-state index contributed by atoms with van der Waals surface area (Å²) >= 11 is 1.50. The van der Waals surface area contributed by atoms with Crippen molar-refractivity contribution >= 4 is 58.7 Å². The number of methoxy groups -OCH3 is 1. The number of aromatic amines is 4. The summed E-state index contributed by atoms with van der Waals surface area (Å²) in [5, 5.41) is 28.4. The molecule has 9 heterocycles. The van der Waals surface area contributed by atoms with Crippen molar-refractivity contribution in [2.75, 3.05) is 34.6 Å². The van der Waals surface area contributed by atoms with E-state index in [1.54, 1.807) is 87.5 Å². The molecule has 8 N–H and O–H groups in total. The molecule has 0 bridgehead atoms.